The number of unbranched alkanes of at least 4 members (excludes halogenated alkanes) is 1. The minimum Gasteiger partial charge on any atom is -0.382 e. The lowest BCUT2D eigenvalue weighted by Crippen LogP contribution is -2.10. The van der Waals surface area contributed by atoms with Crippen LogP contribution in [0.2, 0.25) is 0 Å². The van der Waals surface area contributed by atoms with E-state index >= 15 is 0 Å². The summed E-state index contributed by atoms with van der Waals surface area (Å²) in [6, 6.07) is 0. The number of hydrogen-bond donors (Lipinski definition) is 2. The molecule has 6 heteroatoms. The molecule has 0 radical (unpaired) electrons. The van der Waals surface area contributed by atoms with Crippen molar-refractivity contribution in [1.29, 1.82) is 0 Å². The molecule has 0 amide bonds. The van der Waals surface area contributed by atoms with E-state index < -0.39 is 0 Å². The second-order valence-electron chi connectivity index (χ2n) is 5.81. The lowest BCUT2D eigenvalue weighted by molar-refractivity contribution is 0.126. The molecular weight excluding hydrogens is 290 g/mol. The maximum Gasteiger partial charge on any atom is 0.151 e. The molecule has 1 aliphatic rings. The van der Waals surface area contributed by atoms with Crippen LogP contribution in [0.25, 0.3) is 17.1 Å². The van der Waals surface area contributed by atoms with Crippen molar-refractivity contribution in [3.8, 4) is 0 Å². The van der Waals surface area contributed by atoms with Gasteiger partial charge in [-0.2, -0.15) is 0 Å². The molecule has 6 nitrogen and oxygen atoms in total. The monoisotopic (exact) mass is 315 g/mol. The second-order valence-corrected chi connectivity index (χ2v) is 5.81. The van der Waals surface area contributed by atoms with Crippen LogP contribution in [0.3, 0.4) is 0 Å². The topological polar surface area (TPSA) is 92.0 Å². The summed E-state index contributed by atoms with van der Waals surface area (Å²) in [4.78, 5) is 9.28. The zero-order chi connectivity index (χ0) is 16.2. The first-order chi connectivity index (χ1) is 11.3. The van der Waals surface area contributed by atoms with E-state index in [2.05, 4.69) is 21.7 Å². The molecule has 0 fully saturated rings. The van der Waals surface area contributed by atoms with Crippen LogP contribution < -0.4 is 11.5 Å². The summed E-state index contributed by atoms with van der Waals surface area (Å²) in [6.07, 6.45) is 8.30. The largest absolute Gasteiger partial charge is 0.382 e. The molecule has 2 aromatic heterocycles. The molecule has 0 aliphatic heterocycles. The fourth-order valence-electron chi connectivity index (χ4n) is 3.09. The van der Waals surface area contributed by atoms with Crippen LogP contribution >= 0.6 is 0 Å². The van der Waals surface area contributed by atoms with Crippen molar-refractivity contribution in [2.24, 2.45) is 5.73 Å². The van der Waals surface area contributed by atoms with E-state index in [4.69, 9.17) is 21.2 Å². The van der Waals surface area contributed by atoms with Crippen LogP contribution in [0.4, 0.5) is 5.82 Å². The highest BCUT2D eigenvalue weighted by Crippen LogP contribution is 2.31. The van der Waals surface area contributed by atoms with Gasteiger partial charge in [-0.1, -0.05) is 12.2 Å². The Labute approximate surface area is 136 Å². The molecule has 23 heavy (non-hydrogen) atoms. The number of nitrogens with two attached hydrogens (primary N) is 2. The van der Waals surface area contributed by atoms with Gasteiger partial charge in [-0.3, -0.25) is 0 Å². The molecule has 0 unspecified atom stereocenters. The highest BCUT2D eigenvalue weighted by atomic mass is 16.5. The van der Waals surface area contributed by atoms with Crippen molar-refractivity contribution in [3.63, 3.8) is 0 Å². The van der Waals surface area contributed by atoms with E-state index in [9.17, 15) is 0 Å². The molecule has 2 heterocycles. The van der Waals surface area contributed by atoms with Gasteiger partial charge >= 0.3 is 0 Å². The number of imidazole rings is 1. The summed E-state index contributed by atoms with van der Waals surface area (Å²) in [6.45, 7) is 4.72. The molecule has 0 spiro atoms. The molecule has 3 rings (SSSR count). The number of aromatic nitrogens is 3. The van der Waals surface area contributed by atoms with E-state index in [1.165, 1.54) is 0 Å². The Bertz CT molecular complexity index is 720. The number of aryl methyl sites for hydroxylation is 2. The van der Waals surface area contributed by atoms with Crippen LogP contribution in [-0.4, -0.2) is 27.7 Å². The fourth-order valence-corrected chi connectivity index (χ4v) is 3.09. The van der Waals surface area contributed by atoms with Gasteiger partial charge in [0.25, 0.3) is 0 Å². The number of nitrogens with zero attached hydrogens (tertiary/aromatic N) is 3. The second kappa shape index (κ2) is 7.10. The van der Waals surface area contributed by atoms with Crippen molar-refractivity contribution in [3.05, 3.63) is 23.2 Å². The first kappa shape index (κ1) is 16.0. The minimum atomic E-state index is 0.492. The maximum atomic E-state index is 6.17. The van der Waals surface area contributed by atoms with Crippen molar-refractivity contribution in [2.75, 3.05) is 18.9 Å². The Kier molecular flexibility index (Phi) is 4.93. The number of rotatable bonds is 7. The molecule has 0 saturated heterocycles. The molecule has 0 bridgehead atoms. The molecular formula is C17H25N5O. The van der Waals surface area contributed by atoms with Gasteiger partial charge in [0.1, 0.15) is 17.9 Å². The highest BCUT2D eigenvalue weighted by Gasteiger charge is 2.20. The summed E-state index contributed by atoms with van der Waals surface area (Å²) < 4.78 is 7.84. The van der Waals surface area contributed by atoms with Gasteiger partial charge in [0.2, 0.25) is 0 Å². The average molecular weight is 315 g/mol. The number of anilines is 1. The molecule has 0 saturated carbocycles. The summed E-state index contributed by atoms with van der Waals surface area (Å²) in [5.74, 6) is 1.43. The Morgan fingerprint density at radius 3 is 2.96 bits per heavy atom. The normalized spacial score (nSPS) is 13.7. The van der Waals surface area contributed by atoms with Crippen LogP contribution in [0.5, 0.6) is 0 Å². The Morgan fingerprint density at radius 1 is 1.30 bits per heavy atom. The predicted molar refractivity (Wildman–Crippen MR) is 92.9 cm³/mol. The minimum absolute atomic E-state index is 0.492. The Balaban J connectivity index is 2.13. The third-order valence-corrected chi connectivity index (χ3v) is 4.21. The van der Waals surface area contributed by atoms with E-state index in [-0.39, 0.29) is 0 Å². The van der Waals surface area contributed by atoms with Crippen LogP contribution in [-0.2, 0) is 24.3 Å². The summed E-state index contributed by atoms with van der Waals surface area (Å²) in [5, 5.41) is 0. The van der Waals surface area contributed by atoms with Crippen molar-refractivity contribution < 1.29 is 4.74 Å². The number of allylic oxidation sites excluding steroid dienone is 1. The molecule has 0 aromatic carbocycles. The van der Waals surface area contributed by atoms with Crippen LogP contribution in [0.15, 0.2) is 6.08 Å². The van der Waals surface area contributed by atoms with Gasteiger partial charge in [-0.15, -0.1) is 0 Å². The third kappa shape index (κ3) is 3.09. The molecule has 4 N–H and O–H groups in total. The fraction of sp³-hybridized carbons (Fsp3) is 0.529. The number of nitrogen functional groups attached to an aromatic ring is 1. The van der Waals surface area contributed by atoms with Gasteiger partial charge in [0, 0.05) is 18.7 Å². The van der Waals surface area contributed by atoms with Crippen molar-refractivity contribution >= 4 is 22.9 Å². The number of fused-ring (bicyclic) bond motifs is 3. The number of hydrogen-bond acceptors (Lipinski definition) is 5. The van der Waals surface area contributed by atoms with Gasteiger partial charge in [-0.05, 0) is 39.2 Å². The Hall–Kier alpha value is -1.92. The smallest absolute Gasteiger partial charge is 0.151 e. The number of pyridine rings is 1. The molecule has 124 valence electrons. The zero-order valence-electron chi connectivity index (χ0n) is 13.7. The molecule has 2 aromatic rings. The lowest BCUT2D eigenvalue weighted by Gasteiger charge is -2.15. The van der Waals surface area contributed by atoms with Crippen molar-refractivity contribution in [1.82, 2.24) is 14.5 Å². The first-order valence-electron chi connectivity index (χ1n) is 8.38. The summed E-state index contributed by atoms with van der Waals surface area (Å²) in [7, 11) is 0. The number of ether oxygens (including phenoxy) is 1. The third-order valence-electron chi connectivity index (χ3n) is 4.21. The molecule has 0 atom stereocenters. The van der Waals surface area contributed by atoms with Gasteiger partial charge in [0.15, 0.2) is 5.82 Å². The highest BCUT2D eigenvalue weighted by molar-refractivity contribution is 5.93. The lowest BCUT2D eigenvalue weighted by atomic mass is 10.0. The van der Waals surface area contributed by atoms with E-state index in [1.807, 2.05) is 6.92 Å². The molecule has 1 aliphatic carbocycles. The van der Waals surface area contributed by atoms with Gasteiger partial charge in [-0.25, -0.2) is 9.97 Å². The van der Waals surface area contributed by atoms with Crippen LogP contribution in [0.1, 0.15) is 43.3 Å². The zero-order valence-corrected chi connectivity index (χ0v) is 13.7. The quantitative estimate of drug-likeness (QED) is 0.765. The van der Waals surface area contributed by atoms with Gasteiger partial charge in [0.05, 0.1) is 11.2 Å². The van der Waals surface area contributed by atoms with E-state index in [0.29, 0.717) is 25.6 Å². The van der Waals surface area contributed by atoms with E-state index in [1.54, 1.807) is 0 Å². The van der Waals surface area contributed by atoms with Crippen molar-refractivity contribution in [2.45, 2.75) is 45.8 Å². The standard InChI is InChI=1S/C17H25N5O/c1-2-23-11-14-21-15-16(22(14)10-6-5-9-18)12-7-3-4-8-13(12)20-17(15)19/h3,7H,2,4-6,8-11,18H2,1H3,(H2,19,20). The first-order valence-corrected chi connectivity index (χ1v) is 8.38. The van der Waals surface area contributed by atoms with E-state index in [0.717, 1.165) is 60.3 Å². The summed E-state index contributed by atoms with van der Waals surface area (Å²) in [5.41, 5.74) is 15.9. The van der Waals surface area contributed by atoms with Crippen LogP contribution in [0, 0.1) is 0 Å². The predicted octanol–water partition coefficient (Wildman–Crippen LogP) is 2.25. The maximum absolute atomic E-state index is 6.17. The van der Waals surface area contributed by atoms with Gasteiger partial charge < -0.3 is 20.8 Å². The average Bonchev–Trinajstić information content (AvgIpc) is 2.93. The Morgan fingerprint density at radius 2 is 2.17 bits per heavy atom. The summed E-state index contributed by atoms with van der Waals surface area (Å²) >= 11 is 0. The SMILES string of the molecule is CCOCc1nc2c(N)nc3c(c2n1CCCCN)C=CCC3.